The van der Waals surface area contributed by atoms with Crippen molar-refractivity contribution in [1.29, 1.82) is 0 Å². The van der Waals surface area contributed by atoms with Crippen molar-refractivity contribution in [3.8, 4) is 0 Å². The minimum atomic E-state index is -0.617. The predicted octanol–water partition coefficient (Wildman–Crippen LogP) is 2.04. The van der Waals surface area contributed by atoms with Crippen LogP contribution in [0.25, 0.3) is 0 Å². The molecule has 0 aliphatic rings. The van der Waals surface area contributed by atoms with Crippen molar-refractivity contribution in [2.75, 3.05) is 21.2 Å². The van der Waals surface area contributed by atoms with E-state index in [-0.39, 0.29) is 5.97 Å². The third-order valence-corrected chi connectivity index (χ3v) is 4.11. The molecule has 2 atom stereocenters. The molecular formula is C14H30N2O2. The lowest BCUT2D eigenvalue weighted by atomic mass is 9.92. The third-order valence-electron chi connectivity index (χ3n) is 4.11. The predicted molar refractivity (Wildman–Crippen MR) is 75.7 cm³/mol. The van der Waals surface area contributed by atoms with Crippen LogP contribution in [-0.2, 0) is 9.53 Å². The summed E-state index contributed by atoms with van der Waals surface area (Å²) in [6, 6.07) is 0.894. The lowest BCUT2D eigenvalue weighted by molar-refractivity contribution is -0.148. The molecule has 0 aromatic carbocycles. The first-order chi connectivity index (χ1) is 8.36. The van der Waals surface area contributed by atoms with E-state index in [2.05, 4.69) is 38.0 Å². The van der Waals surface area contributed by atoms with Gasteiger partial charge in [-0.25, -0.2) is 0 Å². The molecular weight excluding hydrogens is 228 g/mol. The highest BCUT2D eigenvalue weighted by atomic mass is 16.5. The SMILES string of the molecule is CCC(CC)N(C)C(C)CC(C)(NC)C(=O)OC. The van der Waals surface area contributed by atoms with E-state index in [4.69, 9.17) is 4.74 Å². The van der Waals surface area contributed by atoms with Gasteiger partial charge in [-0.15, -0.1) is 0 Å². The zero-order valence-electron chi connectivity index (χ0n) is 13.0. The van der Waals surface area contributed by atoms with Crippen molar-refractivity contribution in [2.24, 2.45) is 0 Å². The van der Waals surface area contributed by atoms with Crippen LogP contribution in [0.15, 0.2) is 0 Å². The van der Waals surface area contributed by atoms with Gasteiger partial charge in [0.05, 0.1) is 7.11 Å². The Morgan fingerprint density at radius 1 is 1.39 bits per heavy atom. The van der Waals surface area contributed by atoms with Crippen LogP contribution >= 0.6 is 0 Å². The van der Waals surface area contributed by atoms with Crippen LogP contribution in [0.3, 0.4) is 0 Å². The van der Waals surface area contributed by atoms with Crippen LogP contribution in [0, 0.1) is 0 Å². The number of hydrogen-bond donors (Lipinski definition) is 1. The molecule has 0 spiro atoms. The van der Waals surface area contributed by atoms with E-state index in [9.17, 15) is 4.79 Å². The third kappa shape index (κ3) is 4.25. The smallest absolute Gasteiger partial charge is 0.325 e. The number of rotatable bonds is 8. The first kappa shape index (κ1) is 17.4. The number of nitrogens with one attached hydrogen (secondary N) is 1. The molecule has 0 heterocycles. The van der Waals surface area contributed by atoms with Gasteiger partial charge in [0.2, 0.25) is 0 Å². The summed E-state index contributed by atoms with van der Waals surface area (Å²) in [6.07, 6.45) is 3.00. The van der Waals surface area contributed by atoms with Crippen molar-refractivity contribution >= 4 is 5.97 Å². The molecule has 0 bridgehead atoms. The molecule has 0 aliphatic heterocycles. The number of likely N-dealkylation sites (N-methyl/N-ethyl adjacent to an activating group) is 1. The maximum Gasteiger partial charge on any atom is 0.325 e. The van der Waals surface area contributed by atoms with Crippen LogP contribution in [0.1, 0.15) is 47.0 Å². The Hall–Kier alpha value is -0.610. The highest BCUT2D eigenvalue weighted by Gasteiger charge is 2.35. The molecule has 18 heavy (non-hydrogen) atoms. The van der Waals surface area contributed by atoms with Crippen molar-refractivity contribution in [2.45, 2.75) is 64.6 Å². The molecule has 0 aliphatic carbocycles. The van der Waals surface area contributed by atoms with Crippen molar-refractivity contribution < 1.29 is 9.53 Å². The van der Waals surface area contributed by atoms with E-state index >= 15 is 0 Å². The Kier molecular flexibility index (Phi) is 7.48. The Morgan fingerprint density at radius 2 is 1.89 bits per heavy atom. The zero-order chi connectivity index (χ0) is 14.3. The molecule has 2 unspecified atom stereocenters. The topological polar surface area (TPSA) is 41.6 Å². The summed E-state index contributed by atoms with van der Waals surface area (Å²) in [5, 5.41) is 3.09. The van der Waals surface area contributed by atoms with E-state index in [1.165, 1.54) is 7.11 Å². The average molecular weight is 258 g/mol. The number of nitrogens with zero attached hydrogens (tertiary/aromatic N) is 1. The number of carbonyl (C=O) groups excluding carboxylic acids is 1. The van der Waals surface area contributed by atoms with E-state index in [0.717, 1.165) is 19.3 Å². The van der Waals surface area contributed by atoms with Gasteiger partial charge in [0.15, 0.2) is 0 Å². The van der Waals surface area contributed by atoms with Crippen LogP contribution in [0.2, 0.25) is 0 Å². The maximum atomic E-state index is 11.8. The Morgan fingerprint density at radius 3 is 2.22 bits per heavy atom. The van der Waals surface area contributed by atoms with Gasteiger partial charge in [-0.2, -0.15) is 0 Å². The van der Waals surface area contributed by atoms with Crippen LogP contribution in [-0.4, -0.2) is 49.7 Å². The van der Waals surface area contributed by atoms with Gasteiger partial charge in [0.1, 0.15) is 5.54 Å². The number of methoxy groups -OCH3 is 1. The molecule has 0 saturated carbocycles. The molecule has 0 aromatic heterocycles. The summed E-state index contributed by atoms with van der Waals surface area (Å²) < 4.78 is 4.88. The van der Waals surface area contributed by atoms with Gasteiger partial charge in [0, 0.05) is 12.1 Å². The fourth-order valence-corrected chi connectivity index (χ4v) is 2.47. The Labute approximate surface area is 112 Å². The van der Waals surface area contributed by atoms with Gasteiger partial charge in [-0.1, -0.05) is 13.8 Å². The van der Waals surface area contributed by atoms with Gasteiger partial charge < -0.3 is 15.0 Å². The minimum Gasteiger partial charge on any atom is -0.468 e. The molecule has 4 heteroatoms. The Bertz CT molecular complexity index is 254. The first-order valence-corrected chi connectivity index (χ1v) is 6.85. The molecule has 0 fully saturated rings. The van der Waals surface area contributed by atoms with Crippen molar-refractivity contribution in [3.63, 3.8) is 0 Å². The number of esters is 1. The van der Waals surface area contributed by atoms with E-state index < -0.39 is 5.54 Å². The maximum absolute atomic E-state index is 11.8. The zero-order valence-corrected chi connectivity index (χ0v) is 13.0. The van der Waals surface area contributed by atoms with Crippen LogP contribution in [0.4, 0.5) is 0 Å². The average Bonchev–Trinajstić information content (AvgIpc) is 2.38. The largest absolute Gasteiger partial charge is 0.468 e. The van der Waals surface area contributed by atoms with Crippen molar-refractivity contribution in [1.82, 2.24) is 10.2 Å². The van der Waals surface area contributed by atoms with E-state index in [1.54, 1.807) is 7.05 Å². The molecule has 0 amide bonds. The lowest BCUT2D eigenvalue weighted by Crippen LogP contribution is -2.53. The lowest BCUT2D eigenvalue weighted by Gasteiger charge is -2.37. The summed E-state index contributed by atoms with van der Waals surface area (Å²) in [4.78, 5) is 14.2. The second kappa shape index (κ2) is 7.74. The van der Waals surface area contributed by atoms with Crippen molar-refractivity contribution in [3.05, 3.63) is 0 Å². The monoisotopic (exact) mass is 258 g/mol. The van der Waals surface area contributed by atoms with E-state index in [1.807, 2.05) is 6.92 Å². The summed E-state index contributed by atoms with van der Waals surface area (Å²) in [5.41, 5.74) is -0.617. The molecule has 0 saturated heterocycles. The summed E-state index contributed by atoms with van der Waals surface area (Å²) in [7, 11) is 5.38. The number of ether oxygens (including phenoxy) is 1. The first-order valence-electron chi connectivity index (χ1n) is 6.85. The molecule has 0 radical (unpaired) electrons. The summed E-state index contributed by atoms with van der Waals surface area (Å²) in [6.45, 7) is 8.47. The molecule has 0 aromatic rings. The van der Waals surface area contributed by atoms with Gasteiger partial charge in [-0.05, 0) is 47.2 Å². The Balaban J connectivity index is 4.70. The highest BCUT2D eigenvalue weighted by molar-refractivity contribution is 5.80. The molecule has 108 valence electrons. The standard InChI is InChI=1S/C14H30N2O2/c1-8-12(9-2)16(6)11(3)10-14(4,15-5)13(17)18-7/h11-12,15H,8-10H2,1-7H3. The second-order valence-corrected chi connectivity index (χ2v) is 5.26. The normalized spacial score (nSPS) is 16.7. The summed E-state index contributed by atoms with van der Waals surface area (Å²) in [5.74, 6) is -0.199. The van der Waals surface area contributed by atoms with Gasteiger partial charge >= 0.3 is 5.97 Å². The quantitative estimate of drug-likeness (QED) is 0.677. The fraction of sp³-hybridized carbons (Fsp3) is 0.929. The molecule has 4 nitrogen and oxygen atoms in total. The number of carbonyl (C=O) groups is 1. The minimum absolute atomic E-state index is 0.199. The van der Waals surface area contributed by atoms with Crippen LogP contribution in [0.5, 0.6) is 0 Å². The summed E-state index contributed by atoms with van der Waals surface area (Å²) >= 11 is 0. The highest BCUT2D eigenvalue weighted by Crippen LogP contribution is 2.20. The number of hydrogen-bond acceptors (Lipinski definition) is 4. The molecule has 0 rings (SSSR count). The van der Waals surface area contributed by atoms with Gasteiger partial charge in [-0.3, -0.25) is 4.79 Å². The van der Waals surface area contributed by atoms with Crippen LogP contribution < -0.4 is 5.32 Å². The second-order valence-electron chi connectivity index (χ2n) is 5.26. The van der Waals surface area contributed by atoms with E-state index in [0.29, 0.717) is 12.1 Å². The fourth-order valence-electron chi connectivity index (χ4n) is 2.47. The molecule has 1 N–H and O–H groups in total. The van der Waals surface area contributed by atoms with Gasteiger partial charge in [0.25, 0.3) is 0 Å².